The van der Waals surface area contributed by atoms with Crippen molar-refractivity contribution in [2.45, 2.75) is 18.2 Å². The molecular formula is C15H19NO8S. The van der Waals surface area contributed by atoms with Crippen molar-refractivity contribution in [1.82, 2.24) is 4.90 Å². The minimum Gasteiger partial charge on any atom is -0.465 e. The first kappa shape index (κ1) is 20.6. The average Bonchev–Trinajstić information content (AvgIpc) is 2.58. The monoisotopic (exact) mass is 373 g/mol. The van der Waals surface area contributed by atoms with Crippen molar-refractivity contribution in [3.05, 3.63) is 29.3 Å². The molecule has 0 saturated heterocycles. The lowest BCUT2D eigenvalue weighted by atomic mass is 10.1. The van der Waals surface area contributed by atoms with Crippen molar-refractivity contribution in [2.75, 3.05) is 27.3 Å². The van der Waals surface area contributed by atoms with Crippen molar-refractivity contribution in [3.63, 3.8) is 0 Å². The molecule has 1 aromatic rings. The summed E-state index contributed by atoms with van der Waals surface area (Å²) in [5.41, 5.74) is -0.483. The van der Waals surface area contributed by atoms with Gasteiger partial charge in [0.05, 0.1) is 29.7 Å². The number of carbonyl (C=O) groups is 3. The first-order chi connectivity index (χ1) is 11.6. The summed E-state index contributed by atoms with van der Waals surface area (Å²) >= 11 is 0. The number of amides is 1. The Hall–Kier alpha value is -2.46. The van der Waals surface area contributed by atoms with E-state index in [1.165, 1.54) is 4.90 Å². The zero-order valence-electron chi connectivity index (χ0n) is 14.0. The molecule has 0 saturated carbocycles. The van der Waals surface area contributed by atoms with E-state index < -0.39 is 27.0 Å². The molecule has 0 unspecified atom stereocenters. The van der Waals surface area contributed by atoms with Crippen molar-refractivity contribution in [3.8, 4) is 0 Å². The summed E-state index contributed by atoms with van der Waals surface area (Å²) in [4.78, 5) is 35.8. The number of nitrogens with zero attached hydrogens (tertiary/aromatic N) is 1. The molecule has 25 heavy (non-hydrogen) atoms. The van der Waals surface area contributed by atoms with Crippen LogP contribution in [0.2, 0.25) is 0 Å². The van der Waals surface area contributed by atoms with Crippen LogP contribution in [0.15, 0.2) is 23.1 Å². The topological polar surface area (TPSA) is 127 Å². The van der Waals surface area contributed by atoms with Gasteiger partial charge in [0.25, 0.3) is 10.1 Å². The highest BCUT2D eigenvalue weighted by atomic mass is 32.2. The maximum atomic E-state index is 12.1. The zero-order chi connectivity index (χ0) is 19.2. The minimum atomic E-state index is -4.64. The van der Waals surface area contributed by atoms with Crippen molar-refractivity contribution < 1.29 is 36.8 Å². The van der Waals surface area contributed by atoms with Gasteiger partial charge in [-0.25, -0.2) is 9.59 Å². The highest BCUT2D eigenvalue weighted by molar-refractivity contribution is 7.85. The van der Waals surface area contributed by atoms with Gasteiger partial charge in [-0.05, 0) is 18.2 Å². The minimum absolute atomic E-state index is 0.120. The quantitative estimate of drug-likeness (QED) is 0.548. The number of hydrogen-bond acceptors (Lipinski definition) is 7. The fourth-order valence-corrected chi connectivity index (χ4v) is 2.41. The standard InChI is InChI=1S/C15H19NO8S/c1-4-13(17)16(2)5-6-24-15(19)11-7-10(14(18)23-3)8-12(9-11)25(20,21)22/h7-9H,4-6H2,1-3H3,(H,20,21,22). The number of rotatable bonds is 7. The average molecular weight is 373 g/mol. The van der Waals surface area contributed by atoms with Gasteiger partial charge < -0.3 is 14.4 Å². The molecule has 0 aliphatic heterocycles. The molecule has 1 amide bonds. The molecular weight excluding hydrogens is 354 g/mol. The summed E-state index contributed by atoms with van der Waals surface area (Å²) < 4.78 is 41.2. The van der Waals surface area contributed by atoms with E-state index in [1.54, 1.807) is 14.0 Å². The fourth-order valence-electron chi connectivity index (χ4n) is 1.85. The molecule has 0 aliphatic carbocycles. The Labute approximate surface area is 145 Å². The third-order valence-electron chi connectivity index (χ3n) is 3.25. The van der Waals surface area contributed by atoms with Crippen LogP contribution in [0.3, 0.4) is 0 Å². The van der Waals surface area contributed by atoms with Gasteiger partial charge in [-0.15, -0.1) is 0 Å². The SMILES string of the molecule is CCC(=O)N(C)CCOC(=O)c1cc(C(=O)OC)cc(S(=O)(=O)O)c1. The second-order valence-electron chi connectivity index (χ2n) is 5.02. The Bertz CT molecular complexity index is 772. The van der Waals surface area contributed by atoms with Gasteiger partial charge in [0.1, 0.15) is 6.61 Å². The molecule has 0 radical (unpaired) electrons. The summed E-state index contributed by atoms with van der Waals surface area (Å²) in [6.07, 6.45) is 0.309. The van der Waals surface area contributed by atoms with Gasteiger partial charge in [0, 0.05) is 13.5 Å². The van der Waals surface area contributed by atoms with Crippen LogP contribution in [0, 0.1) is 0 Å². The van der Waals surface area contributed by atoms with E-state index in [1.807, 2.05) is 0 Å². The lowest BCUT2D eigenvalue weighted by molar-refractivity contribution is -0.130. The van der Waals surface area contributed by atoms with Crippen molar-refractivity contribution >= 4 is 28.0 Å². The van der Waals surface area contributed by atoms with Gasteiger partial charge in [0.15, 0.2) is 0 Å². The molecule has 0 bridgehead atoms. The molecule has 1 N–H and O–H groups in total. The Morgan fingerprint density at radius 3 is 2.16 bits per heavy atom. The van der Waals surface area contributed by atoms with E-state index in [9.17, 15) is 22.8 Å². The van der Waals surface area contributed by atoms with Gasteiger partial charge in [0.2, 0.25) is 5.91 Å². The van der Waals surface area contributed by atoms with Gasteiger partial charge >= 0.3 is 11.9 Å². The lowest BCUT2D eigenvalue weighted by Crippen LogP contribution is -2.30. The molecule has 9 nitrogen and oxygen atoms in total. The predicted octanol–water partition coefficient (Wildman–Crippen LogP) is 0.745. The van der Waals surface area contributed by atoms with E-state index in [0.717, 1.165) is 25.3 Å². The molecule has 0 spiro atoms. The van der Waals surface area contributed by atoms with Gasteiger partial charge in [-0.3, -0.25) is 9.35 Å². The number of benzene rings is 1. The van der Waals surface area contributed by atoms with Crippen LogP contribution in [0.1, 0.15) is 34.1 Å². The highest BCUT2D eigenvalue weighted by Crippen LogP contribution is 2.17. The number of ether oxygens (including phenoxy) is 2. The molecule has 0 aliphatic rings. The van der Waals surface area contributed by atoms with Crippen LogP contribution in [0.25, 0.3) is 0 Å². The summed E-state index contributed by atoms with van der Waals surface area (Å²) in [6, 6.07) is 2.85. The summed E-state index contributed by atoms with van der Waals surface area (Å²) in [6.45, 7) is 1.73. The highest BCUT2D eigenvalue weighted by Gasteiger charge is 2.20. The number of likely N-dealkylation sites (N-methyl/N-ethyl adjacent to an activating group) is 1. The Morgan fingerprint density at radius 2 is 1.68 bits per heavy atom. The maximum Gasteiger partial charge on any atom is 0.338 e. The Kier molecular flexibility index (Phi) is 7.07. The lowest BCUT2D eigenvalue weighted by Gasteiger charge is -2.16. The molecule has 0 aromatic heterocycles. The third-order valence-corrected chi connectivity index (χ3v) is 4.08. The number of methoxy groups -OCH3 is 1. The maximum absolute atomic E-state index is 12.1. The summed E-state index contributed by atoms with van der Waals surface area (Å²) in [7, 11) is -2.01. The van der Waals surface area contributed by atoms with E-state index in [0.29, 0.717) is 6.42 Å². The molecule has 0 heterocycles. The van der Waals surface area contributed by atoms with Crippen LogP contribution in [-0.4, -0.2) is 63.0 Å². The third kappa shape index (κ3) is 5.84. The number of carbonyl (C=O) groups excluding carboxylic acids is 3. The first-order valence-electron chi connectivity index (χ1n) is 7.22. The van der Waals surface area contributed by atoms with E-state index in [4.69, 9.17) is 9.29 Å². The molecule has 0 fully saturated rings. The van der Waals surface area contributed by atoms with Crippen LogP contribution in [-0.2, 0) is 24.4 Å². The fraction of sp³-hybridized carbons (Fsp3) is 0.400. The normalized spacial score (nSPS) is 10.9. The largest absolute Gasteiger partial charge is 0.465 e. The smallest absolute Gasteiger partial charge is 0.338 e. The molecule has 0 atom stereocenters. The molecule has 138 valence electrons. The predicted molar refractivity (Wildman–Crippen MR) is 85.8 cm³/mol. The van der Waals surface area contributed by atoms with E-state index in [2.05, 4.69) is 4.74 Å². The van der Waals surface area contributed by atoms with Crippen LogP contribution in [0.5, 0.6) is 0 Å². The second kappa shape index (κ2) is 8.58. The Balaban J connectivity index is 2.97. The van der Waals surface area contributed by atoms with Crippen LogP contribution in [0.4, 0.5) is 0 Å². The number of hydrogen-bond donors (Lipinski definition) is 1. The van der Waals surface area contributed by atoms with E-state index in [-0.39, 0.29) is 30.2 Å². The molecule has 10 heteroatoms. The van der Waals surface area contributed by atoms with Gasteiger partial charge in [-0.2, -0.15) is 8.42 Å². The molecule has 1 aromatic carbocycles. The van der Waals surface area contributed by atoms with Crippen LogP contribution >= 0.6 is 0 Å². The number of esters is 2. The first-order valence-corrected chi connectivity index (χ1v) is 8.66. The molecule has 1 rings (SSSR count). The van der Waals surface area contributed by atoms with Crippen molar-refractivity contribution in [2.24, 2.45) is 0 Å². The second-order valence-corrected chi connectivity index (χ2v) is 6.44. The van der Waals surface area contributed by atoms with Crippen molar-refractivity contribution in [1.29, 1.82) is 0 Å². The zero-order valence-corrected chi connectivity index (χ0v) is 14.8. The van der Waals surface area contributed by atoms with E-state index >= 15 is 0 Å². The summed E-state index contributed by atoms with van der Waals surface area (Å²) in [5, 5.41) is 0. The van der Waals surface area contributed by atoms with Crippen LogP contribution < -0.4 is 0 Å². The Morgan fingerprint density at radius 1 is 1.12 bits per heavy atom. The summed E-state index contributed by atoms with van der Waals surface area (Å²) in [5.74, 6) is -1.92. The van der Waals surface area contributed by atoms with Gasteiger partial charge in [-0.1, -0.05) is 6.92 Å².